The van der Waals surface area contributed by atoms with Gasteiger partial charge in [-0.15, -0.1) is 0 Å². The van der Waals surface area contributed by atoms with E-state index in [4.69, 9.17) is 0 Å². The van der Waals surface area contributed by atoms with E-state index in [-0.39, 0.29) is 0 Å². The molecule has 0 aromatic heterocycles. The summed E-state index contributed by atoms with van der Waals surface area (Å²) in [5.41, 5.74) is 0. The number of carbonyl (C=O) groups excluding carboxylic acids is 1. The van der Waals surface area contributed by atoms with Crippen molar-refractivity contribution in [1.29, 1.82) is 0 Å². The van der Waals surface area contributed by atoms with Crippen LogP contribution in [0.3, 0.4) is 0 Å². The van der Waals surface area contributed by atoms with Crippen molar-refractivity contribution in [2.24, 2.45) is 5.92 Å². The van der Waals surface area contributed by atoms with Crippen LogP contribution in [-0.4, -0.2) is 20.7 Å². The zero-order chi connectivity index (χ0) is 7.19. The Bertz CT molecular complexity index is 172. The van der Waals surface area contributed by atoms with Crippen LogP contribution in [0.25, 0.3) is 0 Å². The summed E-state index contributed by atoms with van der Waals surface area (Å²) in [6.07, 6.45) is 4.77. The van der Waals surface area contributed by atoms with Crippen LogP contribution >= 0.6 is 0 Å². The Morgan fingerprint density at radius 1 is 1.60 bits per heavy atom. The molecule has 0 aromatic rings. The van der Waals surface area contributed by atoms with E-state index in [0.29, 0.717) is 31.0 Å². The van der Waals surface area contributed by atoms with E-state index in [1.54, 1.807) is 0 Å². The Hall–Kier alpha value is 0.189. The molecule has 1 unspecified atom stereocenters. The van der Waals surface area contributed by atoms with E-state index in [0.717, 1.165) is 6.42 Å². The number of carbonyl (C=O) groups is 1. The van der Waals surface area contributed by atoms with Crippen LogP contribution in [0, 0.1) is 5.92 Å². The number of hydrogen-bond donors (Lipinski definition) is 0. The molecule has 0 N–H and O–H groups in total. The summed E-state index contributed by atoms with van der Waals surface area (Å²) in [7, 11) is 0. The van der Waals surface area contributed by atoms with Crippen molar-refractivity contribution in [3.8, 4) is 0 Å². The fourth-order valence-electron chi connectivity index (χ4n) is 1.78. The fourth-order valence-corrected chi connectivity index (χ4v) is 3.97. The van der Waals surface area contributed by atoms with Gasteiger partial charge in [-0.25, -0.2) is 0 Å². The van der Waals surface area contributed by atoms with Crippen LogP contribution in [0.4, 0.5) is 0 Å². The van der Waals surface area contributed by atoms with Gasteiger partial charge in [0.15, 0.2) is 0 Å². The van der Waals surface area contributed by atoms with Crippen molar-refractivity contribution in [1.82, 2.24) is 0 Å². The molecule has 0 aromatic carbocycles. The van der Waals surface area contributed by atoms with Gasteiger partial charge in [0.2, 0.25) is 0 Å². The molecular weight excluding hydrogens is 191 g/mol. The summed E-state index contributed by atoms with van der Waals surface area (Å²) in [6.45, 7) is 0. The number of hydrogen-bond acceptors (Lipinski definition) is 1. The van der Waals surface area contributed by atoms with E-state index in [2.05, 4.69) is 5.82 Å². The molecule has 2 rings (SSSR count). The van der Waals surface area contributed by atoms with Crippen molar-refractivity contribution in [3.05, 3.63) is 0 Å². The Morgan fingerprint density at radius 2 is 2.30 bits per heavy atom. The van der Waals surface area contributed by atoms with Gasteiger partial charge in [0.1, 0.15) is 0 Å². The molecule has 0 aliphatic heterocycles. The molecule has 2 saturated carbocycles. The zero-order valence-electron chi connectivity index (χ0n) is 6.22. The molecule has 0 spiro atoms. The van der Waals surface area contributed by atoms with Crippen LogP contribution in [0.2, 0.25) is 10.1 Å². The van der Waals surface area contributed by atoms with Crippen LogP contribution in [0.1, 0.15) is 25.7 Å². The molecule has 2 heteroatoms. The molecule has 1 nitrogen and oxygen atoms in total. The van der Waals surface area contributed by atoms with Crippen molar-refractivity contribution >= 4 is 20.7 Å². The molecule has 0 bridgehead atoms. The first kappa shape index (κ1) is 6.87. The van der Waals surface area contributed by atoms with Gasteiger partial charge in [-0.3, -0.25) is 0 Å². The topological polar surface area (TPSA) is 17.1 Å². The third kappa shape index (κ3) is 0.787. The Balaban J connectivity index is 2.04. The zero-order valence-corrected chi connectivity index (χ0v) is 7.94. The van der Waals surface area contributed by atoms with Crippen molar-refractivity contribution in [2.75, 3.05) is 0 Å². The van der Waals surface area contributed by atoms with Crippen molar-refractivity contribution in [3.63, 3.8) is 0 Å². The van der Waals surface area contributed by atoms with E-state index in [1.165, 1.54) is 19.3 Å². The minimum absolute atomic E-state index is 0.512. The summed E-state index contributed by atoms with van der Waals surface area (Å²) in [4.78, 5) is 11.1. The minimum atomic E-state index is 0.512. The van der Waals surface area contributed by atoms with E-state index >= 15 is 0 Å². The third-order valence-corrected chi connectivity index (χ3v) is 6.01. The van der Waals surface area contributed by atoms with Crippen molar-refractivity contribution < 1.29 is 4.79 Å². The number of ketones is 1. The Morgan fingerprint density at radius 3 is 2.40 bits per heavy atom. The summed E-state index contributed by atoms with van der Waals surface area (Å²) in [5.74, 6) is 3.35. The standard InChI is InChI=1S/C8H12OSe/c1-10-8(4-5-8)6-2-3-7(6)9/h6H,2-5H2,1H3. The first-order valence-electron chi connectivity index (χ1n) is 3.86. The monoisotopic (exact) mass is 204 g/mol. The van der Waals surface area contributed by atoms with Crippen LogP contribution in [-0.2, 0) is 4.79 Å². The normalized spacial score (nSPS) is 35.3. The summed E-state index contributed by atoms with van der Waals surface area (Å²) >= 11 is 0.716. The van der Waals surface area contributed by atoms with Gasteiger partial charge in [-0.05, 0) is 0 Å². The summed E-state index contributed by atoms with van der Waals surface area (Å²) < 4.78 is 0.572. The first-order valence-corrected chi connectivity index (χ1v) is 6.43. The number of rotatable bonds is 2. The van der Waals surface area contributed by atoms with E-state index < -0.39 is 0 Å². The first-order chi connectivity index (χ1) is 4.78. The molecule has 2 aliphatic carbocycles. The quantitative estimate of drug-likeness (QED) is 0.624. The molecule has 1 atom stereocenters. The Labute approximate surface area is 67.7 Å². The van der Waals surface area contributed by atoms with Gasteiger partial charge < -0.3 is 0 Å². The molecule has 0 radical (unpaired) electrons. The van der Waals surface area contributed by atoms with E-state index in [9.17, 15) is 4.79 Å². The second-order valence-electron chi connectivity index (χ2n) is 3.33. The summed E-state index contributed by atoms with van der Waals surface area (Å²) in [5, 5.41) is 0. The van der Waals surface area contributed by atoms with E-state index in [1.807, 2.05) is 0 Å². The predicted octanol–water partition coefficient (Wildman–Crippen LogP) is 1.67. The van der Waals surface area contributed by atoms with Crippen LogP contribution < -0.4 is 0 Å². The Kier molecular flexibility index (Phi) is 1.43. The second kappa shape index (κ2) is 2.09. The van der Waals surface area contributed by atoms with Gasteiger partial charge in [0.25, 0.3) is 0 Å². The molecule has 2 fully saturated rings. The van der Waals surface area contributed by atoms with Gasteiger partial charge >= 0.3 is 67.3 Å². The molecule has 56 valence electrons. The molecular formula is C8H12OSe. The van der Waals surface area contributed by atoms with Crippen LogP contribution in [0.15, 0.2) is 0 Å². The fraction of sp³-hybridized carbons (Fsp3) is 0.875. The number of Topliss-reactive ketones (excluding diaryl/α,β-unsaturated/α-hetero) is 1. The average Bonchev–Trinajstić information content (AvgIpc) is 2.67. The van der Waals surface area contributed by atoms with Gasteiger partial charge in [0.05, 0.1) is 0 Å². The predicted molar refractivity (Wildman–Crippen MR) is 41.3 cm³/mol. The van der Waals surface area contributed by atoms with Gasteiger partial charge in [0, 0.05) is 0 Å². The summed E-state index contributed by atoms with van der Waals surface area (Å²) in [6, 6.07) is 0. The van der Waals surface area contributed by atoms with Gasteiger partial charge in [-0.2, -0.15) is 0 Å². The molecule has 0 saturated heterocycles. The molecule has 0 amide bonds. The molecule has 10 heavy (non-hydrogen) atoms. The average molecular weight is 203 g/mol. The third-order valence-electron chi connectivity index (χ3n) is 2.85. The maximum atomic E-state index is 11.1. The van der Waals surface area contributed by atoms with Crippen molar-refractivity contribution in [2.45, 2.75) is 35.8 Å². The molecule has 0 heterocycles. The molecule has 2 aliphatic rings. The maximum absolute atomic E-state index is 11.1. The second-order valence-corrected chi connectivity index (χ2v) is 5.89. The SMILES string of the molecule is C[Se]C1(C2CCC2=O)CC1. The van der Waals surface area contributed by atoms with Crippen LogP contribution in [0.5, 0.6) is 0 Å². The van der Waals surface area contributed by atoms with Gasteiger partial charge in [-0.1, -0.05) is 0 Å².